The van der Waals surface area contributed by atoms with Gasteiger partial charge in [0.2, 0.25) is 0 Å². The lowest BCUT2D eigenvalue weighted by molar-refractivity contribution is 0.949. The van der Waals surface area contributed by atoms with E-state index in [0.717, 1.165) is 12.0 Å². The molecule has 1 saturated carbocycles. The summed E-state index contributed by atoms with van der Waals surface area (Å²) in [5.41, 5.74) is 3.32. The first kappa shape index (κ1) is 4.29. The van der Waals surface area contributed by atoms with Crippen LogP contribution >= 0.6 is 0 Å². The zero-order valence-corrected chi connectivity index (χ0v) is 5.22. The van der Waals surface area contributed by atoms with Gasteiger partial charge in [-0.05, 0) is 12.0 Å². The molecule has 0 aromatic carbocycles. The van der Waals surface area contributed by atoms with Crippen LogP contribution < -0.4 is 5.32 Å². The van der Waals surface area contributed by atoms with Crippen molar-refractivity contribution in [3.8, 4) is 0 Å². The Kier molecular flexibility index (Phi) is 0.544. The van der Waals surface area contributed by atoms with Gasteiger partial charge in [0.1, 0.15) is 0 Å². The number of allylic oxidation sites excluding steroid dienone is 3. The second-order valence-electron chi connectivity index (χ2n) is 3.13. The number of hydrogen-bond acceptors (Lipinski definition) is 1. The Balaban J connectivity index is 1.93. The van der Waals surface area contributed by atoms with Gasteiger partial charge in [-0.25, -0.2) is 0 Å². The Labute approximate surface area is 54.4 Å². The van der Waals surface area contributed by atoms with E-state index in [4.69, 9.17) is 0 Å². The predicted octanol–water partition coefficient (Wildman–Crippen LogP) is 0.845. The van der Waals surface area contributed by atoms with Gasteiger partial charge < -0.3 is 5.32 Å². The van der Waals surface area contributed by atoms with Crippen LogP contribution in [0.25, 0.3) is 0 Å². The molecule has 46 valence electrons. The molecule has 0 amide bonds. The Bertz CT molecular complexity index is 221. The highest BCUT2D eigenvalue weighted by molar-refractivity contribution is 5.49. The van der Waals surface area contributed by atoms with Crippen LogP contribution in [0, 0.1) is 5.92 Å². The molecule has 2 atom stereocenters. The predicted molar refractivity (Wildman–Crippen MR) is 36.1 cm³/mol. The largest absolute Gasteiger partial charge is 0.307 e. The lowest BCUT2D eigenvalue weighted by atomic mass is 10.1. The second-order valence-corrected chi connectivity index (χ2v) is 3.13. The molecule has 0 spiro atoms. The van der Waals surface area contributed by atoms with Crippen LogP contribution in [-0.2, 0) is 0 Å². The average molecular weight is 119 g/mol. The molecule has 3 aliphatic rings. The molecule has 1 heteroatoms. The smallest absolute Gasteiger partial charge is 0.0415 e. The van der Waals surface area contributed by atoms with Crippen molar-refractivity contribution in [3.63, 3.8) is 0 Å². The zero-order valence-electron chi connectivity index (χ0n) is 5.22. The summed E-state index contributed by atoms with van der Waals surface area (Å²) in [7, 11) is 0. The molecular formula is C8H9N. The number of fused-ring (bicyclic) bond motifs is 1. The van der Waals surface area contributed by atoms with Crippen molar-refractivity contribution >= 4 is 0 Å². The van der Waals surface area contributed by atoms with Crippen LogP contribution in [0.3, 0.4) is 0 Å². The highest BCUT2D eigenvalue weighted by Gasteiger charge is 2.42. The van der Waals surface area contributed by atoms with E-state index >= 15 is 0 Å². The van der Waals surface area contributed by atoms with Crippen molar-refractivity contribution in [1.29, 1.82) is 0 Å². The Morgan fingerprint density at radius 2 is 2.33 bits per heavy atom. The maximum Gasteiger partial charge on any atom is 0.0415 e. The van der Waals surface area contributed by atoms with E-state index in [1.54, 1.807) is 11.1 Å². The first-order chi connectivity index (χ1) is 4.45. The lowest BCUT2D eigenvalue weighted by Gasteiger charge is -1.94. The summed E-state index contributed by atoms with van der Waals surface area (Å²) in [5.74, 6) is 0.894. The minimum absolute atomic E-state index is 0.770. The van der Waals surface area contributed by atoms with Crippen LogP contribution in [0.15, 0.2) is 23.3 Å². The molecule has 0 aromatic rings. The van der Waals surface area contributed by atoms with Gasteiger partial charge in [0, 0.05) is 18.5 Å². The Morgan fingerprint density at radius 1 is 1.44 bits per heavy atom. The molecule has 1 aliphatic heterocycles. The van der Waals surface area contributed by atoms with E-state index in [0.29, 0.717) is 0 Å². The summed E-state index contributed by atoms with van der Waals surface area (Å²) >= 11 is 0. The number of rotatable bonds is 1. The third-order valence-electron chi connectivity index (χ3n) is 2.43. The highest BCUT2D eigenvalue weighted by Crippen LogP contribution is 2.49. The van der Waals surface area contributed by atoms with Crippen molar-refractivity contribution in [1.82, 2.24) is 5.32 Å². The van der Waals surface area contributed by atoms with E-state index in [-0.39, 0.29) is 0 Å². The first-order valence-electron chi connectivity index (χ1n) is 3.59. The Morgan fingerprint density at radius 3 is 2.78 bits per heavy atom. The van der Waals surface area contributed by atoms with Crippen LogP contribution in [0.1, 0.15) is 6.42 Å². The standard InChI is InChI=1S/C8H9N/c1-2-6(8-4-9-8)7-3-5(1)7/h1-2,7-9H,3-4H2. The van der Waals surface area contributed by atoms with E-state index < -0.39 is 0 Å². The first-order valence-corrected chi connectivity index (χ1v) is 3.59. The molecule has 2 fully saturated rings. The van der Waals surface area contributed by atoms with E-state index in [1.165, 1.54) is 13.0 Å². The molecule has 1 saturated heterocycles. The van der Waals surface area contributed by atoms with Gasteiger partial charge in [0.25, 0.3) is 0 Å². The van der Waals surface area contributed by atoms with E-state index in [9.17, 15) is 0 Å². The van der Waals surface area contributed by atoms with Crippen molar-refractivity contribution in [2.75, 3.05) is 6.54 Å². The number of nitrogens with one attached hydrogen (secondary N) is 1. The van der Waals surface area contributed by atoms with Gasteiger partial charge in [0.05, 0.1) is 0 Å². The van der Waals surface area contributed by atoms with Gasteiger partial charge >= 0.3 is 0 Å². The van der Waals surface area contributed by atoms with Gasteiger partial charge in [-0.1, -0.05) is 17.7 Å². The van der Waals surface area contributed by atoms with Gasteiger partial charge in [-0.15, -0.1) is 0 Å². The molecule has 2 unspecified atom stereocenters. The van der Waals surface area contributed by atoms with Crippen LogP contribution in [0.4, 0.5) is 0 Å². The van der Waals surface area contributed by atoms with Crippen molar-refractivity contribution < 1.29 is 0 Å². The lowest BCUT2D eigenvalue weighted by Crippen LogP contribution is -1.96. The summed E-state index contributed by atoms with van der Waals surface area (Å²) in [5, 5.41) is 3.33. The number of hydrogen-bond donors (Lipinski definition) is 1. The molecule has 9 heavy (non-hydrogen) atoms. The van der Waals surface area contributed by atoms with Gasteiger partial charge in [-0.2, -0.15) is 0 Å². The molecule has 0 aromatic heterocycles. The Hall–Kier alpha value is -0.560. The fourth-order valence-corrected chi connectivity index (χ4v) is 1.67. The zero-order chi connectivity index (χ0) is 5.84. The van der Waals surface area contributed by atoms with Crippen molar-refractivity contribution in [2.45, 2.75) is 12.5 Å². The molecule has 3 rings (SSSR count). The fraction of sp³-hybridized carbons (Fsp3) is 0.500. The third-order valence-corrected chi connectivity index (χ3v) is 2.43. The summed E-state index contributed by atoms with van der Waals surface area (Å²) in [6.45, 7) is 1.23. The molecule has 1 heterocycles. The molecule has 1 nitrogen and oxygen atoms in total. The van der Waals surface area contributed by atoms with Gasteiger partial charge in [-0.3, -0.25) is 0 Å². The maximum absolute atomic E-state index is 3.33. The van der Waals surface area contributed by atoms with Crippen LogP contribution in [0.5, 0.6) is 0 Å². The van der Waals surface area contributed by atoms with Crippen molar-refractivity contribution in [2.24, 2.45) is 5.92 Å². The quantitative estimate of drug-likeness (QED) is 0.508. The summed E-state index contributed by atoms with van der Waals surface area (Å²) in [6, 6.07) is 0.770. The normalized spacial score (nSPS) is 43.6. The minimum Gasteiger partial charge on any atom is -0.307 e. The summed E-state index contributed by atoms with van der Waals surface area (Å²) in [4.78, 5) is 0. The molecule has 1 N–H and O–H groups in total. The molecule has 2 aliphatic carbocycles. The topological polar surface area (TPSA) is 21.9 Å². The second kappa shape index (κ2) is 1.14. The molecule has 0 bridgehead atoms. The molecular weight excluding hydrogens is 110 g/mol. The van der Waals surface area contributed by atoms with E-state index in [1.807, 2.05) is 0 Å². The SMILES string of the molecule is C1=C2CC2C(C2CN2)=C1. The van der Waals surface area contributed by atoms with Crippen molar-refractivity contribution in [3.05, 3.63) is 23.3 Å². The minimum atomic E-state index is 0.770. The van der Waals surface area contributed by atoms with Crippen LogP contribution in [-0.4, -0.2) is 12.6 Å². The molecule has 0 radical (unpaired) electrons. The fourth-order valence-electron chi connectivity index (χ4n) is 1.67. The monoisotopic (exact) mass is 119 g/mol. The van der Waals surface area contributed by atoms with Gasteiger partial charge in [0.15, 0.2) is 0 Å². The van der Waals surface area contributed by atoms with E-state index in [2.05, 4.69) is 17.5 Å². The highest BCUT2D eigenvalue weighted by atomic mass is 15.1. The average Bonchev–Trinajstić information content (AvgIpc) is 2.74. The summed E-state index contributed by atoms with van der Waals surface area (Å²) < 4.78 is 0. The third kappa shape index (κ3) is 0.479. The summed E-state index contributed by atoms with van der Waals surface area (Å²) in [6.07, 6.45) is 5.96. The maximum atomic E-state index is 3.33. The van der Waals surface area contributed by atoms with Crippen LogP contribution in [0.2, 0.25) is 0 Å².